The van der Waals surface area contributed by atoms with Crippen molar-refractivity contribution in [3.05, 3.63) is 69.3 Å². The molecule has 0 unspecified atom stereocenters. The molecule has 2 atom stereocenters. The smallest absolute Gasteiger partial charge is 0.260 e. The highest BCUT2D eigenvalue weighted by Gasteiger charge is 2.33. The van der Waals surface area contributed by atoms with Gasteiger partial charge in [0.1, 0.15) is 11.4 Å². The zero-order chi connectivity index (χ0) is 28.4. The van der Waals surface area contributed by atoms with E-state index in [1.807, 2.05) is 6.92 Å². The number of aromatic nitrogens is 3. The molecule has 0 spiro atoms. The van der Waals surface area contributed by atoms with E-state index in [0.717, 1.165) is 5.69 Å². The molecule has 40 heavy (non-hydrogen) atoms. The minimum absolute atomic E-state index is 0.0271. The molecule has 2 aliphatic heterocycles. The van der Waals surface area contributed by atoms with E-state index in [-0.39, 0.29) is 48.0 Å². The van der Waals surface area contributed by atoms with Crippen molar-refractivity contribution in [2.45, 2.75) is 45.7 Å². The molecule has 0 saturated carbocycles. The average Bonchev–Trinajstić information content (AvgIpc) is 3.35. The van der Waals surface area contributed by atoms with E-state index < -0.39 is 28.9 Å². The summed E-state index contributed by atoms with van der Waals surface area (Å²) in [5.74, 6) is -3.04. The maximum atomic E-state index is 15.9. The van der Waals surface area contributed by atoms with Gasteiger partial charge in [-0.1, -0.05) is 23.7 Å². The number of aromatic amines is 1. The van der Waals surface area contributed by atoms with Gasteiger partial charge in [-0.3, -0.25) is 14.8 Å². The zero-order valence-corrected chi connectivity index (χ0v) is 23.2. The number of pyridine rings is 1. The minimum Gasteiger partial charge on any atom is -0.378 e. The Balaban J connectivity index is 1.37. The lowest BCUT2D eigenvalue weighted by Crippen LogP contribution is -2.42. The number of carbonyl (C=O) groups excluding carboxylic acids is 1. The molecule has 2 N–H and O–H groups in total. The fourth-order valence-corrected chi connectivity index (χ4v) is 5.62. The lowest BCUT2D eigenvalue weighted by Gasteiger charge is -2.38. The molecule has 1 amide bonds. The quantitative estimate of drug-likeness (QED) is 0.400. The van der Waals surface area contributed by atoms with Gasteiger partial charge in [-0.15, -0.1) is 0 Å². The van der Waals surface area contributed by atoms with Crippen LogP contribution in [0.5, 0.6) is 0 Å². The largest absolute Gasteiger partial charge is 0.378 e. The van der Waals surface area contributed by atoms with Gasteiger partial charge >= 0.3 is 0 Å². The molecule has 4 heterocycles. The third kappa shape index (κ3) is 6.11. The zero-order valence-electron chi connectivity index (χ0n) is 22.4. The van der Waals surface area contributed by atoms with Gasteiger partial charge in [0, 0.05) is 43.0 Å². The number of hydrogen-bond acceptors (Lipinski definition) is 6. The number of anilines is 2. The van der Waals surface area contributed by atoms with Crippen LogP contribution < -0.4 is 5.32 Å². The monoisotopic (exact) mass is 576 g/mol. The molecule has 0 bridgehead atoms. The fourth-order valence-electron chi connectivity index (χ4n) is 5.43. The summed E-state index contributed by atoms with van der Waals surface area (Å²) in [4.78, 5) is 21.1. The summed E-state index contributed by atoms with van der Waals surface area (Å²) >= 11 is 5.95. The van der Waals surface area contributed by atoms with Crippen LogP contribution in [0.1, 0.15) is 47.1 Å². The predicted octanol–water partition coefficient (Wildman–Crippen LogP) is 5.24. The van der Waals surface area contributed by atoms with E-state index in [4.69, 9.17) is 16.3 Å². The Morgan fingerprint density at radius 1 is 1.18 bits per heavy atom. The predicted molar refractivity (Wildman–Crippen MR) is 145 cm³/mol. The number of hydrogen-bond donors (Lipinski definition) is 2. The average molecular weight is 577 g/mol. The Labute approximate surface area is 235 Å². The summed E-state index contributed by atoms with van der Waals surface area (Å²) in [5, 5.41) is 9.72. The lowest BCUT2D eigenvalue weighted by molar-refractivity contribution is 0.0296. The van der Waals surface area contributed by atoms with Gasteiger partial charge in [0.25, 0.3) is 5.91 Å². The van der Waals surface area contributed by atoms with E-state index in [9.17, 15) is 9.18 Å². The van der Waals surface area contributed by atoms with Crippen LogP contribution in [0.3, 0.4) is 0 Å². The van der Waals surface area contributed by atoms with Crippen LogP contribution in [0.25, 0.3) is 0 Å². The van der Waals surface area contributed by atoms with E-state index in [0.29, 0.717) is 50.5 Å². The molecule has 5 rings (SSSR count). The molecular weight excluding hydrogens is 545 g/mol. The second-order valence-electron chi connectivity index (χ2n) is 10.5. The molecule has 2 aromatic heterocycles. The number of nitrogens with zero attached hydrogens (tertiary/aromatic N) is 4. The molecule has 214 valence electrons. The number of benzene rings is 1. The van der Waals surface area contributed by atoms with Gasteiger partial charge in [-0.2, -0.15) is 5.10 Å². The summed E-state index contributed by atoms with van der Waals surface area (Å²) in [6.45, 7) is 6.03. The molecule has 0 aliphatic carbocycles. The summed E-state index contributed by atoms with van der Waals surface area (Å²) in [6.07, 6.45) is 1.64. The number of ether oxygens (including phenoxy) is 1. The first-order chi connectivity index (χ1) is 19.2. The van der Waals surface area contributed by atoms with Crippen molar-refractivity contribution in [1.29, 1.82) is 0 Å². The van der Waals surface area contributed by atoms with Crippen molar-refractivity contribution in [3.63, 3.8) is 0 Å². The number of piperidine rings is 1. The molecule has 0 radical (unpaired) electrons. The molecule has 12 heteroatoms. The Bertz CT molecular complexity index is 1380. The van der Waals surface area contributed by atoms with Crippen molar-refractivity contribution >= 4 is 29.1 Å². The van der Waals surface area contributed by atoms with Gasteiger partial charge < -0.3 is 15.0 Å². The van der Waals surface area contributed by atoms with Gasteiger partial charge in [-0.05, 0) is 51.6 Å². The maximum Gasteiger partial charge on any atom is 0.260 e. The fraction of sp³-hybridized carbons (Fsp3) is 0.464. The van der Waals surface area contributed by atoms with Crippen LogP contribution in [-0.4, -0.2) is 69.8 Å². The molecule has 8 nitrogen and oxygen atoms in total. The highest BCUT2D eigenvalue weighted by molar-refractivity contribution is 6.30. The van der Waals surface area contributed by atoms with E-state index in [1.54, 1.807) is 25.1 Å². The van der Waals surface area contributed by atoms with Crippen LogP contribution in [0.4, 0.5) is 24.8 Å². The molecule has 1 aromatic carbocycles. The molecule has 2 saturated heterocycles. The summed E-state index contributed by atoms with van der Waals surface area (Å²) in [7, 11) is 0. The number of morpholine rings is 1. The summed E-state index contributed by atoms with van der Waals surface area (Å²) in [5.41, 5.74) is 0.677. The number of likely N-dealkylation sites (tertiary alicyclic amines) is 1. The number of nitrogens with one attached hydrogen (secondary N) is 2. The molecule has 2 aliphatic rings. The van der Waals surface area contributed by atoms with Crippen molar-refractivity contribution in [2.75, 3.05) is 38.2 Å². The Kier molecular flexibility index (Phi) is 8.62. The number of H-pyrrole nitrogens is 1. The molecule has 3 aromatic rings. The van der Waals surface area contributed by atoms with Crippen LogP contribution in [0, 0.1) is 30.3 Å². The standard InChI is InChI=1S/C28H32ClF3N6O2/c1-16-12-22(36-35-16)34-27-26(32)23(28(39)37-8-10-40-11-9-37)25(31)21(33-27)14-18-6-7-38(17(2)13-18)15-19-4-3-5-20(29)24(19)30/h3-5,12,17-18H,6-11,13-15H2,1-2H3,(H2,33,34,35,36)/t17-,18-/m1/s1. The number of rotatable bonds is 7. The van der Waals surface area contributed by atoms with Crippen molar-refractivity contribution in [3.8, 4) is 0 Å². The Hall–Kier alpha value is -3.15. The first-order valence-electron chi connectivity index (χ1n) is 13.4. The Morgan fingerprint density at radius 2 is 1.95 bits per heavy atom. The maximum absolute atomic E-state index is 15.9. The lowest BCUT2D eigenvalue weighted by atomic mass is 9.87. The van der Waals surface area contributed by atoms with Crippen molar-refractivity contribution in [2.24, 2.45) is 5.92 Å². The minimum atomic E-state index is -1.05. The SMILES string of the molecule is Cc1cc(Nc2nc(C[C@@H]3CCN(Cc4cccc(Cl)c4F)[C@H](C)C3)c(F)c(C(=O)N3CCOCC3)c2F)n[nH]1. The van der Waals surface area contributed by atoms with Crippen LogP contribution >= 0.6 is 11.6 Å². The molecule has 2 fully saturated rings. The number of carbonyl (C=O) groups is 1. The van der Waals surface area contributed by atoms with E-state index in [2.05, 4.69) is 25.4 Å². The number of amides is 1. The Morgan fingerprint density at radius 3 is 2.65 bits per heavy atom. The van der Waals surface area contributed by atoms with Crippen molar-refractivity contribution in [1.82, 2.24) is 25.0 Å². The van der Waals surface area contributed by atoms with E-state index >= 15 is 8.78 Å². The van der Waals surface area contributed by atoms with Crippen LogP contribution in [0.2, 0.25) is 5.02 Å². The van der Waals surface area contributed by atoms with Crippen molar-refractivity contribution < 1.29 is 22.7 Å². The molecular formula is C28H32ClF3N6O2. The van der Waals surface area contributed by atoms with Crippen LogP contribution in [-0.2, 0) is 17.7 Å². The first kappa shape index (κ1) is 28.4. The number of halogens is 4. The highest BCUT2D eigenvalue weighted by atomic mass is 35.5. The van der Waals surface area contributed by atoms with Crippen LogP contribution in [0.15, 0.2) is 24.3 Å². The third-order valence-electron chi connectivity index (χ3n) is 7.62. The third-order valence-corrected chi connectivity index (χ3v) is 7.91. The highest BCUT2D eigenvalue weighted by Crippen LogP contribution is 2.32. The van der Waals surface area contributed by atoms with Gasteiger partial charge in [-0.25, -0.2) is 18.2 Å². The second kappa shape index (κ2) is 12.2. The summed E-state index contributed by atoms with van der Waals surface area (Å²) in [6, 6.07) is 6.72. The van der Waals surface area contributed by atoms with E-state index in [1.165, 1.54) is 11.0 Å². The van der Waals surface area contributed by atoms with Gasteiger partial charge in [0.2, 0.25) is 0 Å². The number of aryl methyl sites for hydroxylation is 1. The van der Waals surface area contributed by atoms with Gasteiger partial charge in [0.15, 0.2) is 23.3 Å². The topological polar surface area (TPSA) is 86.4 Å². The first-order valence-corrected chi connectivity index (χ1v) is 13.8. The normalized spacial score (nSPS) is 20.1. The summed E-state index contributed by atoms with van der Waals surface area (Å²) < 4.78 is 51.3. The van der Waals surface area contributed by atoms with Gasteiger partial charge in [0.05, 0.1) is 23.9 Å². The second-order valence-corrected chi connectivity index (χ2v) is 10.9.